The number of ether oxygens (including phenoxy) is 1. The molecule has 4 nitrogen and oxygen atoms in total. The van der Waals surface area contributed by atoms with Crippen LogP contribution in [0.4, 0.5) is 4.39 Å². The van der Waals surface area contributed by atoms with Gasteiger partial charge in [0, 0.05) is 25.5 Å². The topological polar surface area (TPSA) is 64.4 Å². The van der Waals surface area contributed by atoms with Gasteiger partial charge in [0.1, 0.15) is 5.82 Å². The standard InChI is InChI=1S/C16H23FN2O2S.ClH/c1-22-10-13-8-14(17)3-2-12(13)9-19-16(20)15(18)11-4-6-21-7-5-11;/h2-3,8,11,15H,4-7,9-10,18H2,1H3,(H,19,20);1H. The van der Waals surface area contributed by atoms with Crippen molar-refractivity contribution in [2.45, 2.75) is 31.2 Å². The Morgan fingerprint density at radius 2 is 2.13 bits per heavy atom. The number of nitrogens with one attached hydrogen (secondary N) is 1. The van der Waals surface area contributed by atoms with Crippen molar-refractivity contribution >= 4 is 30.1 Å². The first kappa shape index (κ1) is 20.2. The van der Waals surface area contributed by atoms with Crippen molar-refractivity contribution in [3.63, 3.8) is 0 Å². The summed E-state index contributed by atoms with van der Waals surface area (Å²) in [4.78, 5) is 12.2. The third-order valence-corrected chi connectivity index (χ3v) is 4.60. The van der Waals surface area contributed by atoms with Crippen molar-refractivity contribution in [2.75, 3.05) is 19.5 Å². The predicted octanol–water partition coefficient (Wildman–Crippen LogP) is 2.48. The Morgan fingerprint density at radius 1 is 1.43 bits per heavy atom. The lowest BCUT2D eigenvalue weighted by molar-refractivity contribution is -0.124. The summed E-state index contributed by atoms with van der Waals surface area (Å²) < 4.78 is 18.6. The summed E-state index contributed by atoms with van der Waals surface area (Å²) in [6.07, 6.45) is 3.61. The maximum absolute atomic E-state index is 13.3. The van der Waals surface area contributed by atoms with Gasteiger partial charge >= 0.3 is 0 Å². The first-order valence-corrected chi connectivity index (χ1v) is 8.88. The van der Waals surface area contributed by atoms with E-state index in [1.165, 1.54) is 12.1 Å². The van der Waals surface area contributed by atoms with Gasteiger partial charge in [0.15, 0.2) is 0 Å². The Bertz CT molecular complexity index is 513. The number of carbonyl (C=O) groups excluding carboxylic acids is 1. The highest BCUT2D eigenvalue weighted by molar-refractivity contribution is 7.97. The maximum Gasteiger partial charge on any atom is 0.237 e. The third-order valence-electron chi connectivity index (χ3n) is 4.00. The monoisotopic (exact) mass is 362 g/mol. The lowest BCUT2D eigenvalue weighted by Gasteiger charge is -2.26. The van der Waals surface area contributed by atoms with Crippen LogP contribution in [0.2, 0.25) is 0 Å². The molecule has 1 fully saturated rings. The average Bonchev–Trinajstić information content (AvgIpc) is 2.54. The molecule has 0 aromatic heterocycles. The summed E-state index contributed by atoms with van der Waals surface area (Å²) >= 11 is 1.62. The van der Waals surface area contributed by atoms with Gasteiger partial charge in [-0.05, 0) is 48.3 Å². The highest BCUT2D eigenvalue weighted by atomic mass is 35.5. The van der Waals surface area contributed by atoms with Gasteiger partial charge in [0.2, 0.25) is 5.91 Å². The number of hydrogen-bond donors (Lipinski definition) is 2. The molecule has 23 heavy (non-hydrogen) atoms. The molecule has 0 spiro atoms. The lowest BCUT2D eigenvalue weighted by atomic mass is 9.92. The van der Waals surface area contributed by atoms with Gasteiger partial charge < -0.3 is 15.8 Å². The van der Waals surface area contributed by atoms with Gasteiger partial charge in [-0.25, -0.2) is 4.39 Å². The van der Waals surface area contributed by atoms with Crippen LogP contribution < -0.4 is 11.1 Å². The molecule has 1 aromatic carbocycles. The SMILES string of the molecule is CSCc1cc(F)ccc1CNC(=O)C(N)C1CCOCC1.Cl. The summed E-state index contributed by atoms with van der Waals surface area (Å²) in [6, 6.07) is 4.16. The van der Waals surface area contributed by atoms with Crippen molar-refractivity contribution in [3.8, 4) is 0 Å². The van der Waals surface area contributed by atoms with E-state index in [9.17, 15) is 9.18 Å². The Balaban J connectivity index is 0.00000264. The minimum atomic E-state index is -0.506. The van der Waals surface area contributed by atoms with Crippen LogP contribution in [0.1, 0.15) is 24.0 Å². The van der Waals surface area contributed by atoms with E-state index in [1.54, 1.807) is 17.8 Å². The van der Waals surface area contributed by atoms with E-state index in [0.29, 0.717) is 19.8 Å². The smallest absolute Gasteiger partial charge is 0.237 e. The largest absolute Gasteiger partial charge is 0.381 e. The van der Waals surface area contributed by atoms with Crippen LogP contribution in [0.15, 0.2) is 18.2 Å². The summed E-state index contributed by atoms with van der Waals surface area (Å²) in [5, 5.41) is 2.88. The van der Waals surface area contributed by atoms with E-state index < -0.39 is 6.04 Å². The van der Waals surface area contributed by atoms with Crippen LogP contribution in [-0.2, 0) is 21.8 Å². The van der Waals surface area contributed by atoms with E-state index in [1.807, 2.05) is 6.26 Å². The molecule has 1 aliphatic heterocycles. The maximum atomic E-state index is 13.3. The molecule has 1 saturated heterocycles. The third kappa shape index (κ3) is 5.95. The molecule has 1 aromatic rings. The zero-order chi connectivity index (χ0) is 15.9. The Morgan fingerprint density at radius 3 is 2.78 bits per heavy atom. The molecule has 2 rings (SSSR count). The first-order valence-electron chi connectivity index (χ1n) is 7.49. The number of carbonyl (C=O) groups is 1. The first-order chi connectivity index (χ1) is 10.6. The molecule has 0 aliphatic carbocycles. The van der Waals surface area contributed by atoms with E-state index in [2.05, 4.69) is 5.32 Å². The fourth-order valence-corrected chi connectivity index (χ4v) is 3.23. The number of halogens is 2. The number of rotatable bonds is 6. The molecule has 3 N–H and O–H groups in total. The normalized spacial score (nSPS) is 16.5. The highest BCUT2D eigenvalue weighted by Crippen LogP contribution is 2.19. The zero-order valence-electron chi connectivity index (χ0n) is 13.2. The number of hydrogen-bond acceptors (Lipinski definition) is 4. The molecule has 1 heterocycles. The second-order valence-electron chi connectivity index (χ2n) is 5.54. The fraction of sp³-hybridized carbons (Fsp3) is 0.562. The van der Waals surface area contributed by atoms with E-state index in [-0.39, 0.29) is 30.0 Å². The summed E-state index contributed by atoms with van der Waals surface area (Å²) in [6.45, 7) is 1.72. The zero-order valence-corrected chi connectivity index (χ0v) is 14.9. The van der Waals surface area contributed by atoms with Crippen molar-refractivity contribution in [2.24, 2.45) is 11.7 Å². The summed E-state index contributed by atoms with van der Waals surface area (Å²) in [5.41, 5.74) is 7.89. The number of amides is 1. The van der Waals surface area contributed by atoms with Crippen LogP contribution in [0.5, 0.6) is 0 Å². The van der Waals surface area contributed by atoms with Crippen LogP contribution >= 0.6 is 24.2 Å². The summed E-state index contributed by atoms with van der Waals surface area (Å²) in [5.74, 6) is 0.492. The molecule has 1 aliphatic rings. The molecular formula is C16H24ClFN2O2S. The molecule has 130 valence electrons. The quantitative estimate of drug-likeness (QED) is 0.816. The van der Waals surface area contributed by atoms with Crippen molar-refractivity contribution in [3.05, 3.63) is 35.1 Å². The van der Waals surface area contributed by atoms with Crippen molar-refractivity contribution in [1.29, 1.82) is 0 Å². The van der Waals surface area contributed by atoms with Crippen LogP contribution in [-0.4, -0.2) is 31.4 Å². The van der Waals surface area contributed by atoms with Crippen LogP contribution in [0.3, 0.4) is 0 Å². The second-order valence-corrected chi connectivity index (χ2v) is 6.41. The highest BCUT2D eigenvalue weighted by Gasteiger charge is 2.26. The van der Waals surface area contributed by atoms with Gasteiger partial charge in [0.25, 0.3) is 0 Å². The van der Waals surface area contributed by atoms with Crippen LogP contribution in [0, 0.1) is 11.7 Å². The van der Waals surface area contributed by atoms with Gasteiger partial charge in [0.05, 0.1) is 6.04 Å². The van der Waals surface area contributed by atoms with Gasteiger partial charge in [-0.1, -0.05) is 6.07 Å². The summed E-state index contributed by atoms with van der Waals surface area (Å²) in [7, 11) is 0. The lowest BCUT2D eigenvalue weighted by Crippen LogP contribution is -2.46. The van der Waals surface area contributed by atoms with E-state index in [0.717, 1.165) is 29.7 Å². The van der Waals surface area contributed by atoms with E-state index in [4.69, 9.17) is 10.5 Å². The van der Waals surface area contributed by atoms with Crippen molar-refractivity contribution < 1.29 is 13.9 Å². The Kier molecular flexibility index (Phi) is 8.91. The Labute approximate surface area is 147 Å². The van der Waals surface area contributed by atoms with Crippen LogP contribution in [0.25, 0.3) is 0 Å². The minimum absolute atomic E-state index is 0. The van der Waals surface area contributed by atoms with Gasteiger partial charge in [-0.2, -0.15) is 11.8 Å². The molecule has 7 heteroatoms. The second kappa shape index (κ2) is 10.1. The number of nitrogens with two attached hydrogens (primary N) is 1. The fourth-order valence-electron chi connectivity index (χ4n) is 2.65. The van der Waals surface area contributed by atoms with Gasteiger partial charge in [-0.15, -0.1) is 12.4 Å². The molecule has 1 atom stereocenters. The number of thioether (sulfide) groups is 1. The molecule has 0 bridgehead atoms. The molecule has 1 amide bonds. The van der Waals surface area contributed by atoms with Gasteiger partial charge in [-0.3, -0.25) is 4.79 Å². The average molecular weight is 363 g/mol. The molecule has 0 saturated carbocycles. The number of benzene rings is 1. The Hall–Kier alpha value is -0.820. The predicted molar refractivity (Wildman–Crippen MR) is 94.2 cm³/mol. The minimum Gasteiger partial charge on any atom is -0.381 e. The molecule has 1 unspecified atom stereocenters. The van der Waals surface area contributed by atoms with Crippen molar-refractivity contribution in [1.82, 2.24) is 5.32 Å². The van der Waals surface area contributed by atoms with E-state index >= 15 is 0 Å². The molecular weight excluding hydrogens is 339 g/mol. The molecule has 0 radical (unpaired) electrons.